The first-order valence-electron chi connectivity index (χ1n) is 33.5. The summed E-state index contributed by atoms with van der Waals surface area (Å²) < 4.78 is 16.9. The molecule has 0 aliphatic rings. The number of rotatable bonds is 59. The van der Waals surface area contributed by atoms with Crippen LogP contribution in [0.2, 0.25) is 0 Å². The van der Waals surface area contributed by atoms with E-state index in [2.05, 4.69) is 179 Å². The summed E-state index contributed by atoms with van der Waals surface area (Å²) in [6, 6.07) is 0. The third-order valence-corrected chi connectivity index (χ3v) is 13.8. The van der Waals surface area contributed by atoms with Crippen LogP contribution in [0.15, 0.2) is 158 Å². The molecule has 0 bridgehead atoms. The number of carbonyl (C=O) groups is 3. The van der Waals surface area contributed by atoms with E-state index in [0.717, 1.165) is 167 Å². The van der Waals surface area contributed by atoms with E-state index in [9.17, 15) is 14.4 Å². The van der Waals surface area contributed by atoms with E-state index in [4.69, 9.17) is 14.2 Å². The molecule has 0 aromatic heterocycles. The number of carbonyl (C=O) groups excluding carboxylic acids is 3. The van der Waals surface area contributed by atoms with Crippen molar-refractivity contribution in [3.63, 3.8) is 0 Å². The van der Waals surface area contributed by atoms with Gasteiger partial charge in [-0.2, -0.15) is 0 Å². The first kappa shape index (κ1) is 77.0. The number of hydrogen-bond donors (Lipinski definition) is 0. The topological polar surface area (TPSA) is 78.9 Å². The minimum atomic E-state index is -0.797. The Kier molecular flexibility index (Phi) is 64.4. The van der Waals surface area contributed by atoms with Gasteiger partial charge in [0.05, 0.1) is 0 Å². The van der Waals surface area contributed by atoms with E-state index in [-0.39, 0.29) is 31.1 Å². The van der Waals surface area contributed by atoms with Crippen LogP contribution in [-0.4, -0.2) is 37.2 Å². The first-order chi connectivity index (χ1) is 40.5. The van der Waals surface area contributed by atoms with Crippen LogP contribution in [0, 0.1) is 0 Å². The minimum Gasteiger partial charge on any atom is -0.462 e. The van der Waals surface area contributed by atoms with Gasteiger partial charge in [-0.25, -0.2) is 0 Å². The van der Waals surface area contributed by atoms with Crippen LogP contribution in [0.1, 0.15) is 284 Å². The largest absolute Gasteiger partial charge is 0.462 e. The van der Waals surface area contributed by atoms with Crippen molar-refractivity contribution in [1.29, 1.82) is 0 Å². The summed E-state index contributed by atoms with van der Waals surface area (Å²) in [5.41, 5.74) is 0. The Morgan fingerprint density at radius 1 is 0.256 bits per heavy atom. The fourth-order valence-electron chi connectivity index (χ4n) is 8.84. The molecule has 0 aliphatic carbocycles. The minimum absolute atomic E-state index is 0.0910. The highest BCUT2D eigenvalue weighted by atomic mass is 16.6. The standard InChI is InChI=1S/C76H122O6/c1-4-7-10-13-16-19-22-24-26-28-30-32-33-34-35-36-37-38-39-40-41-42-43-45-46-48-50-52-54-57-60-63-66-69-75(78)81-72-73(71-80-74(77)68-65-62-59-56-21-18-15-12-9-6-3)82-76(79)70-67-64-61-58-55-53-51-49-47-44-31-29-27-25-23-20-17-14-11-8-5-2/h7-8,10-11,16-17,19-20,24-27,30-32,34-35,37-38,40-41,43-45,48,50,73H,4-6,9,12-15,18,21-23,28-29,33,36,39,42,46-47,49,51-72H2,1-3H3/b10-7-,11-8-,19-16-,20-17-,26-24-,27-25-,32-30-,35-34-,38-37-,41-40-,44-31-,45-43-,50-48-. The molecule has 0 aromatic rings. The van der Waals surface area contributed by atoms with Crippen molar-refractivity contribution in [2.75, 3.05) is 13.2 Å². The van der Waals surface area contributed by atoms with Gasteiger partial charge in [-0.15, -0.1) is 0 Å². The molecule has 0 spiro atoms. The molecular weight excluding hydrogens is 1010 g/mol. The molecule has 462 valence electrons. The van der Waals surface area contributed by atoms with Crippen LogP contribution in [0.4, 0.5) is 0 Å². The van der Waals surface area contributed by atoms with Crippen molar-refractivity contribution in [2.24, 2.45) is 0 Å². The lowest BCUT2D eigenvalue weighted by Crippen LogP contribution is -2.30. The molecule has 0 amide bonds. The zero-order chi connectivity index (χ0) is 59.2. The van der Waals surface area contributed by atoms with Crippen molar-refractivity contribution in [2.45, 2.75) is 290 Å². The summed E-state index contributed by atoms with van der Waals surface area (Å²) in [7, 11) is 0. The van der Waals surface area contributed by atoms with Crippen LogP contribution >= 0.6 is 0 Å². The smallest absolute Gasteiger partial charge is 0.306 e. The Hall–Kier alpha value is -4.97. The number of unbranched alkanes of at least 4 members (excludes halogenated alkanes) is 22. The second-order valence-corrected chi connectivity index (χ2v) is 21.6. The quantitative estimate of drug-likeness (QED) is 0.0261. The lowest BCUT2D eigenvalue weighted by Gasteiger charge is -2.18. The Morgan fingerprint density at radius 3 is 0.744 bits per heavy atom. The molecule has 0 aliphatic heterocycles. The highest BCUT2D eigenvalue weighted by molar-refractivity contribution is 5.71. The monoisotopic (exact) mass is 1130 g/mol. The summed E-state index contributed by atoms with van der Waals surface area (Å²) in [4.78, 5) is 38.3. The predicted octanol–water partition coefficient (Wildman–Crippen LogP) is 23.3. The molecule has 0 aromatic carbocycles. The van der Waals surface area contributed by atoms with Crippen molar-refractivity contribution in [3.05, 3.63) is 158 Å². The zero-order valence-corrected chi connectivity index (χ0v) is 52.9. The highest BCUT2D eigenvalue weighted by Crippen LogP contribution is 2.15. The molecule has 0 N–H and O–H groups in total. The van der Waals surface area contributed by atoms with Crippen LogP contribution in [0.3, 0.4) is 0 Å². The summed E-state index contributed by atoms with van der Waals surface area (Å²) in [6.45, 7) is 6.38. The van der Waals surface area contributed by atoms with Crippen LogP contribution < -0.4 is 0 Å². The number of allylic oxidation sites excluding steroid dienone is 26. The van der Waals surface area contributed by atoms with Gasteiger partial charge in [0.1, 0.15) is 13.2 Å². The summed E-state index contributed by atoms with van der Waals surface area (Å²) in [5, 5.41) is 0. The molecule has 1 atom stereocenters. The zero-order valence-electron chi connectivity index (χ0n) is 52.9. The van der Waals surface area contributed by atoms with Gasteiger partial charge in [0.2, 0.25) is 0 Å². The Morgan fingerprint density at radius 2 is 0.476 bits per heavy atom. The Bertz CT molecular complexity index is 1830. The fourth-order valence-corrected chi connectivity index (χ4v) is 8.84. The van der Waals surface area contributed by atoms with Crippen molar-refractivity contribution >= 4 is 17.9 Å². The van der Waals surface area contributed by atoms with Gasteiger partial charge in [-0.05, 0) is 128 Å². The molecule has 0 saturated heterocycles. The van der Waals surface area contributed by atoms with E-state index >= 15 is 0 Å². The third kappa shape index (κ3) is 65.8. The predicted molar refractivity (Wildman–Crippen MR) is 357 cm³/mol. The SMILES string of the molecule is CC/C=C\C/C=C\C/C=C\C/C=C\C/C=C\C/C=C\C/C=C\C/C=C\C/C=C\CCCCCCCC(=O)OCC(COC(=O)CCCCCCCCCCCC)OC(=O)CCCCCCCCCC/C=C\C/C=C\C/C=C\C/C=C\CC. The molecule has 0 heterocycles. The maximum Gasteiger partial charge on any atom is 0.306 e. The van der Waals surface area contributed by atoms with Gasteiger partial charge in [0, 0.05) is 19.3 Å². The fraction of sp³-hybridized carbons (Fsp3) is 0.618. The first-order valence-corrected chi connectivity index (χ1v) is 33.5. The van der Waals surface area contributed by atoms with Gasteiger partial charge < -0.3 is 14.2 Å². The van der Waals surface area contributed by atoms with Crippen molar-refractivity contribution in [1.82, 2.24) is 0 Å². The molecule has 0 radical (unpaired) electrons. The number of esters is 3. The molecular formula is C76H122O6. The van der Waals surface area contributed by atoms with E-state index in [1.54, 1.807) is 0 Å². The summed E-state index contributed by atoms with van der Waals surface area (Å²) in [5.74, 6) is -0.921. The van der Waals surface area contributed by atoms with Gasteiger partial charge in [0.15, 0.2) is 6.10 Å². The molecule has 0 rings (SSSR count). The molecule has 6 heteroatoms. The second kappa shape index (κ2) is 68.5. The van der Waals surface area contributed by atoms with E-state index in [0.29, 0.717) is 19.3 Å². The maximum absolute atomic E-state index is 12.9. The average Bonchev–Trinajstić information content (AvgIpc) is 3.48. The van der Waals surface area contributed by atoms with Gasteiger partial charge in [0.25, 0.3) is 0 Å². The molecule has 6 nitrogen and oxygen atoms in total. The summed E-state index contributed by atoms with van der Waals surface area (Å²) >= 11 is 0. The lowest BCUT2D eigenvalue weighted by atomic mass is 10.1. The van der Waals surface area contributed by atoms with Gasteiger partial charge >= 0.3 is 17.9 Å². The van der Waals surface area contributed by atoms with E-state index < -0.39 is 6.10 Å². The molecule has 0 saturated carbocycles. The van der Waals surface area contributed by atoms with Gasteiger partial charge in [-0.1, -0.05) is 294 Å². The second-order valence-electron chi connectivity index (χ2n) is 21.6. The molecule has 82 heavy (non-hydrogen) atoms. The van der Waals surface area contributed by atoms with Crippen LogP contribution in [-0.2, 0) is 28.6 Å². The highest BCUT2D eigenvalue weighted by Gasteiger charge is 2.19. The molecule has 0 fully saturated rings. The average molecular weight is 1130 g/mol. The van der Waals surface area contributed by atoms with Crippen LogP contribution in [0.25, 0.3) is 0 Å². The van der Waals surface area contributed by atoms with E-state index in [1.165, 1.54) is 77.0 Å². The lowest BCUT2D eigenvalue weighted by molar-refractivity contribution is -0.167. The summed E-state index contributed by atoms with van der Waals surface area (Å²) in [6.07, 6.45) is 99.7. The van der Waals surface area contributed by atoms with Crippen molar-refractivity contribution < 1.29 is 28.6 Å². The maximum atomic E-state index is 12.9. The van der Waals surface area contributed by atoms with Gasteiger partial charge in [-0.3, -0.25) is 14.4 Å². The van der Waals surface area contributed by atoms with E-state index in [1.807, 2.05) is 0 Å². The van der Waals surface area contributed by atoms with Crippen LogP contribution in [0.5, 0.6) is 0 Å². The Balaban J connectivity index is 4.31. The molecule has 1 unspecified atom stereocenters. The Labute approximate surface area is 505 Å². The third-order valence-electron chi connectivity index (χ3n) is 13.8. The normalized spacial score (nSPS) is 13.2. The number of ether oxygens (including phenoxy) is 3. The number of hydrogen-bond acceptors (Lipinski definition) is 6. The van der Waals surface area contributed by atoms with Crippen molar-refractivity contribution in [3.8, 4) is 0 Å².